The fourth-order valence-electron chi connectivity index (χ4n) is 1.21. The van der Waals surface area contributed by atoms with Crippen LogP contribution < -0.4 is 0 Å². The van der Waals surface area contributed by atoms with Crippen LogP contribution in [0.5, 0.6) is 0 Å². The molecule has 0 aromatic rings. The minimum atomic E-state index is -1.11. The Kier molecular flexibility index (Phi) is 2.88. The quantitative estimate of drug-likeness (QED) is 0.353. The molecule has 12 heavy (non-hydrogen) atoms. The van der Waals surface area contributed by atoms with Gasteiger partial charge in [-0.05, 0) is 12.0 Å². The Balaban J connectivity index is 2.66. The third-order valence-corrected chi connectivity index (χ3v) is 1.91. The molecule has 0 saturated carbocycles. The van der Waals surface area contributed by atoms with E-state index in [0.717, 1.165) is 0 Å². The first kappa shape index (κ1) is 9.28. The minimum Gasteiger partial charge on any atom is -0.388 e. The van der Waals surface area contributed by atoms with Gasteiger partial charge in [-0.1, -0.05) is 12.0 Å². The molecule has 0 aliphatic carbocycles. The highest BCUT2D eigenvalue weighted by atomic mass is 16.6. The molecule has 1 rings (SSSR count). The van der Waals surface area contributed by atoms with E-state index in [1.54, 1.807) is 0 Å². The summed E-state index contributed by atoms with van der Waals surface area (Å²) in [6.45, 7) is 1.82. The molecule has 0 aromatic heterocycles. The highest BCUT2D eigenvalue weighted by Crippen LogP contribution is 2.23. The van der Waals surface area contributed by atoms with Crippen LogP contribution in [0.3, 0.4) is 0 Å². The predicted octanol–water partition coefficient (Wildman–Crippen LogP) is 0.153. The lowest BCUT2D eigenvalue weighted by Gasteiger charge is -2.10. The van der Waals surface area contributed by atoms with E-state index in [0.29, 0.717) is 6.42 Å². The summed E-state index contributed by atoms with van der Waals surface area (Å²) >= 11 is 0. The molecule has 1 aliphatic heterocycles. The predicted molar refractivity (Wildman–Crippen MR) is 40.1 cm³/mol. The van der Waals surface area contributed by atoms with E-state index < -0.39 is 24.5 Å². The number of rotatable bonds is 2. The Bertz CT molecular complexity index is 204. The summed E-state index contributed by atoms with van der Waals surface area (Å²) in [7, 11) is 0. The van der Waals surface area contributed by atoms with Crippen LogP contribution in [0.1, 0.15) is 13.3 Å². The maximum Gasteiger partial charge on any atom is 0.165 e. The van der Waals surface area contributed by atoms with E-state index in [2.05, 4.69) is 10.0 Å². The highest BCUT2D eigenvalue weighted by Gasteiger charge is 2.40. The van der Waals surface area contributed by atoms with Gasteiger partial charge >= 0.3 is 0 Å². The summed E-state index contributed by atoms with van der Waals surface area (Å²) in [5, 5.41) is 21.7. The molecule has 6 heteroatoms. The van der Waals surface area contributed by atoms with Crippen molar-refractivity contribution in [2.75, 3.05) is 0 Å². The molecule has 2 N–H and O–H groups in total. The number of hydrogen-bond acceptors (Lipinski definition) is 4. The van der Waals surface area contributed by atoms with Crippen LogP contribution in [-0.4, -0.2) is 34.8 Å². The summed E-state index contributed by atoms with van der Waals surface area (Å²) in [6, 6.07) is 0. The van der Waals surface area contributed by atoms with Crippen molar-refractivity contribution in [3.63, 3.8) is 0 Å². The lowest BCUT2D eigenvalue weighted by molar-refractivity contribution is 0.0101. The second kappa shape index (κ2) is 3.73. The fraction of sp³-hybridized carbons (Fsp3) is 1.00. The standard InChI is InChI=1S/C6H11N3O3/c1-2-3-4(10)5(11)6(12-3)8-9-7/h3-6,10-11H,2H2,1H3/t3-,4-,5-,6?/m1/s1. The van der Waals surface area contributed by atoms with E-state index in [1.807, 2.05) is 6.92 Å². The fourth-order valence-corrected chi connectivity index (χ4v) is 1.21. The first-order chi connectivity index (χ1) is 5.70. The van der Waals surface area contributed by atoms with Crippen LogP contribution >= 0.6 is 0 Å². The summed E-state index contributed by atoms with van der Waals surface area (Å²) < 4.78 is 5.06. The topological polar surface area (TPSA) is 98.5 Å². The molecule has 0 aromatic carbocycles. The molecular formula is C6H11N3O3. The van der Waals surface area contributed by atoms with Gasteiger partial charge in [-0.15, -0.1) is 0 Å². The van der Waals surface area contributed by atoms with E-state index in [1.165, 1.54) is 0 Å². The Morgan fingerprint density at radius 1 is 1.50 bits per heavy atom. The van der Waals surface area contributed by atoms with E-state index in [9.17, 15) is 10.2 Å². The van der Waals surface area contributed by atoms with E-state index in [4.69, 9.17) is 10.3 Å². The first-order valence-corrected chi connectivity index (χ1v) is 3.76. The van der Waals surface area contributed by atoms with Gasteiger partial charge in [0.05, 0.1) is 6.10 Å². The molecule has 4 atom stereocenters. The Hall–Kier alpha value is -0.810. The lowest BCUT2D eigenvalue weighted by atomic mass is 10.1. The Labute approximate surface area is 69.4 Å². The van der Waals surface area contributed by atoms with Gasteiger partial charge in [0.2, 0.25) is 0 Å². The second-order valence-electron chi connectivity index (χ2n) is 2.66. The molecule has 68 valence electrons. The summed E-state index contributed by atoms with van der Waals surface area (Å²) in [5.74, 6) is 0. The van der Waals surface area contributed by atoms with Gasteiger partial charge in [0.1, 0.15) is 12.2 Å². The molecule has 1 saturated heterocycles. The monoisotopic (exact) mass is 173 g/mol. The van der Waals surface area contributed by atoms with Crippen molar-refractivity contribution in [3.05, 3.63) is 10.4 Å². The first-order valence-electron chi connectivity index (χ1n) is 3.76. The SMILES string of the molecule is CC[C@H]1OC(N=[N+]=[N-])[C@H](O)[C@@H]1O. The van der Waals surface area contributed by atoms with Crippen molar-refractivity contribution in [3.8, 4) is 0 Å². The zero-order valence-corrected chi connectivity index (χ0v) is 6.66. The van der Waals surface area contributed by atoms with Gasteiger partial charge in [0.15, 0.2) is 6.23 Å². The maximum atomic E-state index is 9.30. The number of hydrogen-bond donors (Lipinski definition) is 2. The number of ether oxygens (including phenoxy) is 1. The van der Waals surface area contributed by atoms with Gasteiger partial charge in [-0.2, -0.15) is 0 Å². The van der Waals surface area contributed by atoms with Crippen LogP contribution in [-0.2, 0) is 4.74 Å². The highest BCUT2D eigenvalue weighted by molar-refractivity contribution is 4.88. The van der Waals surface area contributed by atoms with Crippen molar-refractivity contribution in [1.29, 1.82) is 0 Å². The van der Waals surface area contributed by atoms with Crippen LogP contribution in [0.25, 0.3) is 10.4 Å². The Morgan fingerprint density at radius 3 is 2.58 bits per heavy atom. The van der Waals surface area contributed by atoms with Gasteiger partial charge in [-0.25, -0.2) is 0 Å². The average molecular weight is 173 g/mol. The maximum absolute atomic E-state index is 9.30. The number of aliphatic hydroxyl groups is 2. The molecule has 1 fully saturated rings. The average Bonchev–Trinajstić information content (AvgIpc) is 2.33. The molecule has 6 nitrogen and oxygen atoms in total. The molecular weight excluding hydrogens is 162 g/mol. The summed E-state index contributed by atoms with van der Waals surface area (Å²) in [5.41, 5.74) is 8.08. The Morgan fingerprint density at radius 2 is 2.17 bits per heavy atom. The summed E-state index contributed by atoms with van der Waals surface area (Å²) in [4.78, 5) is 2.50. The molecule has 1 heterocycles. The van der Waals surface area contributed by atoms with Crippen molar-refractivity contribution in [2.45, 2.75) is 37.9 Å². The largest absolute Gasteiger partial charge is 0.388 e. The summed E-state index contributed by atoms with van der Waals surface area (Å²) in [6.07, 6.45) is -2.86. The molecule has 0 spiro atoms. The molecule has 1 unspecified atom stereocenters. The van der Waals surface area contributed by atoms with Crippen LogP contribution in [0, 0.1) is 0 Å². The number of azide groups is 1. The molecule has 1 aliphatic rings. The van der Waals surface area contributed by atoms with Crippen LogP contribution in [0.2, 0.25) is 0 Å². The normalized spacial score (nSPS) is 40.9. The van der Waals surface area contributed by atoms with Gasteiger partial charge in [-0.3, -0.25) is 0 Å². The van der Waals surface area contributed by atoms with Crippen LogP contribution in [0.4, 0.5) is 0 Å². The third kappa shape index (κ3) is 1.51. The molecule has 0 radical (unpaired) electrons. The zero-order chi connectivity index (χ0) is 9.14. The molecule has 0 bridgehead atoms. The number of nitrogens with zero attached hydrogens (tertiary/aromatic N) is 3. The van der Waals surface area contributed by atoms with Crippen molar-refractivity contribution in [2.24, 2.45) is 5.11 Å². The lowest BCUT2D eigenvalue weighted by Crippen LogP contribution is -2.31. The van der Waals surface area contributed by atoms with Crippen LogP contribution in [0.15, 0.2) is 5.11 Å². The van der Waals surface area contributed by atoms with E-state index >= 15 is 0 Å². The molecule has 0 amide bonds. The van der Waals surface area contributed by atoms with E-state index in [-0.39, 0.29) is 0 Å². The van der Waals surface area contributed by atoms with Crippen molar-refractivity contribution in [1.82, 2.24) is 0 Å². The number of aliphatic hydroxyl groups excluding tert-OH is 2. The smallest absolute Gasteiger partial charge is 0.165 e. The van der Waals surface area contributed by atoms with Crippen molar-refractivity contribution >= 4 is 0 Å². The second-order valence-corrected chi connectivity index (χ2v) is 2.66. The zero-order valence-electron chi connectivity index (χ0n) is 6.66. The van der Waals surface area contributed by atoms with Crippen molar-refractivity contribution < 1.29 is 14.9 Å². The van der Waals surface area contributed by atoms with Gasteiger partial charge in [0.25, 0.3) is 0 Å². The third-order valence-electron chi connectivity index (χ3n) is 1.91. The van der Waals surface area contributed by atoms with Gasteiger partial charge in [0, 0.05) is 4.91 Å². The minimum absolute atomic E-state index is 0.435. The van der Waals surface area contributed by atoms with Gasteiger partial charge < -0.3 is 14.9 Å².